The summed E-state index contributed by atoms with van der Waals surface area (Å²) >= 11 is 0. The van der Waals surface area contributed by atoms with Gasteiger partial charge in [0.1, 0.15) is 0 Å². The molecule has 0 spiro atoms. The summed E-state index contributed by atoms with van der Waals surface area (Å²) in [5.41, 5.74) is 4.08. The maximum absolute atomic E-state index is 11.5. The number of nitrogens with two attached hydrogens (primary N) is 1. The number of hydrogen-bond acceptors (Lipinski definition) is 4. The van der Waals surface area contributed by atoms with Gasteiger partial charge in [0, 0.05) is 18.5 Å². The lowest BCUT2D eigenvalue weighted by Crippen LogP contribution is -2.51. The van der Waals surface area contributed by atoms with Crippen LogP contribution in [0, 0.1) is 0 Å². The lowest BCUT2D eigenvalue weighted by atomic mass is 9.75. The molecule has 0 aliphatic heterocycles. The van der Waals surface area contributed by atoms with Crippen LogP contribution in [-0.2, 0) is 9.59 Å². The lowest BCUT2D eigenvalue weighted by Gasteiger charge is -2.37. The summed E-state index contributed by atoms with van der Waals surface area (Å²) in [4.78, 5) is 22.0. The molecule has 1 aliphatic carbocycles. The van der Waals surface area contributed by atoms with Crippen LogP contribution in [0.15, 0.2) is 0 Å². The highest BCUT2D eigenvalue weighted by Gasteiger charge is 2.35. The van der Waals surface area contributed by atoms with E-state index in [0.29, 0.717) is 0 Å². The lowest BCUT2D eigenvalue weighted by molar-refractivity contribution is -0.142. The maximum atomic E-state index is 11.5. The number of carbonyl (C=O) groups excluding carboxylic acids is 1. The molecule has 98 valence electrons. The van der Waals surface area contributed by atoms with Crippen LogP contribution in [-0.4, -0.2) is 39.8 Å². The summed E-state index contributed by atoms with van der Waals surface area (Å²) in [6.45, 7) is 1.30. The van der Waals surface area contributed by atoms with Gasteiger partial charge in [0.2, 0.25) is 5.91 Å². The molecule has 0 heterocycles. The first-order valence-electron chi connectivity index (χ1n) is 5.72. The summed E-state index contributed by atoms with van der Waals surface area (Å²) in [5, 5.41) is 20.8. The number of amides is 1. The fourth-order valence-electron chi connectivity index (χ4n) is 1.87. The van der Waals surface area contributed by atoms with Crippen LogP contribution in [0.4, 0.5) is 0 Å². The zero-order valence-corrected chi connectivity index (χ0v) is 10.0. The molecule has 1 fully saturated rings. The largest absolute Gasteiger partial charge is 0.481 e. The number of aliphatic carboxylic acids is 1. The molecule has 6 nitrogen and oxygen atoms in total. The van der Waals surface area contributed by atoms with Crippen LogP contribution >= 0.6 is 0 Å². The third kappa shape index (κ3) is 4.70. The summed E-state index contributed by atoms with van der Waals surface area (Å²) < 4.78 is 0. The molecule has 1 saturated carbocycles. The molecule has 5 N–H and O–H groups in total. The van der Waals surface area contributed by atoms with Crippen LogP contribution in [0.3, 0.4) is 0 Å². The number of carboxylic acids is 1. The van der Waals surface area contributed by atoms with Gasteiger partial charge in [0.05, 0.1) is 12.0 Å². The molecular formula is C11H20N2O4. The fraction of sp³-hybridized carbons (Fsp3) is 0.818. The molecule has 0 aromatic rings. The Bertz CT molecular complexity index is 311. The average molecular weight is 244 g/mol. The fourth-order valence-corrected chi connectivity index (χ4v) is 1.87. The zero-order valence-electron chi connectivity index (χ0n) is 10.0. The summed E-state index contributed by atoms with van der Waals surface area (Å²) in [6.07, 6.45) is 2.55. The first kappa shape index (κ1) is 13.9. The standard InChI is InChI=1S/C11H20N2O4/c1-10(17,6-9(15)16)7-13-8(14)5-11(12)3-2-4-11/h17H,2-7,12H2,1H3,(H,13,14)(H,15,16). The van der Waals surface area contributed by atoms with Crippen molar-refractivity contribution in [3.8, 4) is 0 Å². The maximum Gasteiger partial charge on any atom is 0.306 e. The molecule has 0 radical (unpaired) electrons. The van der Waals surface area contributed by atoms with Crippen molar-refractivity contribution in [3.05, 3.63) is 0 Å². The van der Waals surface area contributed by atoms with Crippen molar-refractivity contribution in [2.45, 2.75) is 50.2 Å². The zero-order chi connectivity index (χ0) is 13.1. The van der Waals surface area contributed by atoms with Crippen LogP contribution in [0.5, 0.6) is 0 Å². The number of rotatable bonds is 6. The Morgan fingerprint density at radius 3 is 2.47 bits per heavy atom. The highest BCUT2D eigenvalue weighted by atomic mass is 16.4. The molecule has 1 aliphatic rings. The van der Waals surface area contributed by atoms with Crippen molar-refractivity contribution in [2.24, 2.45) is 5.73 Å². The molecule has 0 aromatic carbocycles. The van der Waals surface area contributed by atoms with E-state index in [9.17, 15) is 14.7 Å². The Morgan fingerprint density at radius 1 is 1.47 bits per heavy atom. The van der Waals surface area contributed by atoms with Gasteiger partial charge in [-0.05, 0) is 26.2 Å². The second-order valence-electron chi connectivity index (χ2n) is 5.24. The van der Waals surface area contributed by atoms with Gasteiger partial charge in [0.25, 0.3) is 0 Å². The average Bonchev–Trinajstić information content (AvgIpc) is 2.10. The van der Waals surface area contributed by atoms with Crippen molar-refractivity contribution in [1.29, 1.82) is 0 Å². The van der Waals surface area contributed by atoms with Gasteiger partial charge in [-0.3, -0.25) is 9.59 Å². The summed E-state index contributed by atoms with van der Waals surface area (Å²) in [5.74, 6) is -1.34. The predicted octanol–water partition coefficient (Wildman–Crippen LogP) is -0.400. The van der Waals surface area contributed by atoms with E-state index in [2.05, 4.69) is 5.32 Å². The van der Waals surface area contributed by atoms with E-state index >= 15 is 0 Å². The summed E-state index contributed by atoms with van der Waals surface area (Å²) in [6, 6.07) is 0. The monoisotopic (exact) mass is 244 g/mol. The van der Waals surface area contributed by atoms with Crippen LogP contribution in [0.2, 0.25) is 0 Å². The molecule has 1 rings (SSSR count). The minimum absolute atomic E-state index is 0.0752. The van der Waals surface area contributed by atoms with E-state index in [1.54, 1.807) is 0 Å². The second kappa shape index (κ2) is 5.01. The number of carbonyl (C=O) groups is 2. The van der Waals surface area contributed by atoms with E-state index in [-0.39, 0.29) is 18.9 Å². The summed E-state index contributed by atoms with van der Waals surface area (Å²) in [7, 11) is 0. The van der Waals surface area contributed by atoms with Crippen LogP contribution in [0.25, 0.3) is 0 Å². The Kier molecular flexibility index (Phi) is 4.11. The van der Waals surface area contributed by atoms with Gasteiger partial charge in [-0.25, -0.2) is 0 Å². The van der Waals surface area contributed by atoms with Gasteiger partial charge in [-0.1, -0.05) is 0 Å². The molecule has 17 heavy (non-hydrogen) atoms. The topological polar surface area (TPSA) is 113 Å². The predicted molar refractivity (Wildman–Crippen MR) is 61.3 cm³/mol. The van der Waals surface area contributed by atoms with Crippen LogP contribution < -0.4 is 11.1 Å². The first-order valence-corrected chi connectivity index (χ1v) is 5.72. The molecule has 1 amide bonds. The quantitative estimate of drug-likeness (QED) is 0.508. The van der Waals surface area contributed by atoms with E-state index < -0.39 is 23.5 Å². The van der Waals surface area contributed by atoms with Gasteiger partial charge in [0.15, 0.2) is 0 Å². The molecule has 1 atom stereocenters. The Balaban J connectivity index is 2.29. The van der Waals surface area contributed by atoms with Gasteiger partial charge in [-0.2, -0.15) is 0 Å². The Labute approximate surface area is 100 Å². The van der Waals surface area contributed by atoms with Crippen molar-refractivity contribution in [1.82, 2.24) is 5.32 Å². The van der Waals surface area contributed by atoms with E-state index in [1.165, 1.54) is 6.92 Å². The Morgan fingerprint density at radius 2 is 2.06 bits per heavy atom. The van der Waals surface area contributed by atoms with Crippen molar-refractivity contribution in [2.75, 3.05) is 6.54 Å². The highest BCUT2D eigenvalue weighted by Crippen LogP contribution is 2.31. The smallest absolute Gasteiger partial charge is 0.306 e. The SMILES string of the molecule is CC(O)(CNC(=O)CC1(N)CCC1)CC(=O)O. The second-order valence-corrected chi connectivity index (χ2v) is 5.24. The molecule has 0 aromatic heterocycles. The van der Waals surface area contributed by atoms with Gasteiger partial charge < -0.3 is 21.3 Å². The number of aliphatic hydroxyl groups is 1. The number of carboxylic acid groups (broad SMARTS) is 1. The number of hydrogen-bond donors (Lipinski definition) is 4. The molecular weight excluding hydrogens is 224 g/mol. The van der Waals surface area contributed by atoms with E-state index in [0.717, 1.165) is 19.3 Å². The van der Waals surface area contributed by atoms with E-state index in [4.69, 9.17) is 10.8 Å². The van der Waals surface area contributed by atoms with E-state index in [1.807, 2.05) is 0 Å². The minimum Gasteiger partial charge on any atom is -0.481 e. The number of nitrogens with one attached hydrogen (secondary N) is 1. The van der Waals surface area contributed by atoms with Crippen molar-refractivity contribution < 1.29 is 19.8 Å². The van der Waals surface area contributed by atoms with Crippen LogP contribution in [0.1, 0.15) is 39.0 Å². The Hall–Kier alpha value is -1.14. The highest BCUT2D eigenvalue weighted by molar-refractivity contribution is 5.77. The first-order chi connectivity index (χ1) is 7.72. The third-order valence-corrected chi connectivity index (χ3v) is 3.06. The van der Waals surface area contributed by atoms with Gasteiger partial charge >= 0.3 is 5.97 Å². The van der Waals surface area contributed by atoms with Crippen molar-refractivity contribution >= 4 is 11.9 Å². The van der Waals surface area contributed by atoms with Gasteiger partial charge in [-0.15, -0.1) is 0 Å². The van der Waals surface area contributed by atoms with Crippen molar-refractivity contribution in [3.63, 3.8) is 0 Å². The molecule has 1 unspecified atom stereocenters. The molecule has 6 heteroatoms. The molecule has 0 bridgehead atoms. The third-order valence-electron chi connectivity index (χ3n) is 3.06. The molecule has 0 saturated heterocycles. The minimum atomic E-state index is -1.43. The normalized spacial score (nSPS) is 21.1.